The topological polar surface area (TPSA) is 212 Å². The molecule has 0 saturated heterocycles. The highest BCUT2D eigenvalue weighted by molar-refractivity contribution is 5.92. The number of unbranched alkanes of at least 4 members (excludes halogenated alkanes) is 1. The molecule has 6 N–H and O–H groups in total. The van der Waals surface area contributed by atoms with Gasteiger partial charge in [0, 0.05) is 32.4 Å². The first kappa shape index (κ1) is 44.9. The van der Waals surface area contributed by atoms with E-state index in [0.29, 0.717) is 59.2 Å². The van der Waals surface area contributed by atoms with Crippen molar-refractivity contribution in [3.05, 3.63) is 35.9 Å². The first-order valence-electron chi connectivity index (χ1n) is 17.6. The van der Waals surface area contributed by atoms with Crippen LogP contribution in [0.5, 0.6) is 0 Å². The fourth-order valence-corrected chi connectivity index (χ4v) is 4.10. The van der Waals surface area contributed by atoms with Gasteiger partial charge in [-0.25, -0.2) is 0 Å². The van der Waals surface area contributed by atoms with Crippen molar-refractivity contribution in [3.63, 3.8) is 0 Å². The van der Waals surface area contributed by atoms with Gasteiger partial charge in [-0.05, 0) is 17.9 Å². The van der Waals surface area contributed by atoms with Gasteiger partial charge in [0.2, 0.25) is 35.4 Å². The summed E-state index contributed by atoms with van der Waals surface area (Å²) in [5, 5.41) is 15.5. The molecule has 1 aromatic carbocycles. The summed E-state index contributed by atoms with van der Waals surface area (Å²) in [6, 6.07) is 8.08. The van der Waals surface area contributed by atoms with Crippen LogP contribution in [0.1, 0.15) is 52.0 Å². The van der Waals surface area contributed by atoms with Gasteiger partial charge in [-0.1, -0.05) is 57.5 Å². The number of hydrogen-bond acceptors (Lipinski definition) is 10. The van der Waals surface area contributed by atoms with Gasteiger partial charge in [-0.15, -0.1) is 0 Å². The van der Waals surface area contributed by atoms with Crippen LogP contribution in [0.25, 0.3) is 0 Å². The summed E-state index contributed by atoms with van der Waals surface area (Å²) in [6.45, 7) is 8.70. The monoisotopic (exact) mass is 722 g/mol. The lowest BCUT2D eigenvalue weighted by Crippen LogP contribution is -2.52. The molecular formula is C35H58N6O10. The Balaban J connectivity index is 2.14. The molecule has 288 valence electrons. The van der Waals surface area contributed by atoms with E-state index in [4.69, 9.17) is 18.9 Å². The van der Waals surface area contributed by atoms with Crippen molar-refractivity contribution < 1.29 is 47.7 Å². The maximum Gasteiger partial charge on any atom is 0.243 e. The second-order valence-electron chi connectivity index (χ2n) is 11.9. The Kier molecular flexibility index (Phi) is 26.1. The van der Waals surface area contributed by atoms with Crippen molar-refractivity contribution in [1.82, 2.24) is 31.9 Å². The summed E-state index contributed by atoms with van der Waals surface area (Å²) in [5.74, 6) is -2.18. The van der Waals surface area contributed by atoms with E-state index < -0.39 is 36.2 Å². The lowest BCUT2D eigenvalue weighted by molar-refractivity contribution is -0.131. The Morgan fingerprint density at radius 1 is 0.588 bits per heavy atom. The SMILES string of the molecule is CCCCC(=O)NCCOCCOCCOCCOCCC(=O)NCC(=O)NCC(=O)N[C@@H](Cc1ccccc1)C(=O)NCC(=O)NCC(C)C. The van der Waals surface area contributed by atoms with Crippen LogP contribution in [0.4, 0.5) is 0 Å². The highest BCUT2D eigenvalue weighted by Crippen LogP contribution is 2.04. The van der Waals surface area contributed by atoms with Crippen LogP contribution in [0.3, 0.4) is 0 Å². The lowest BCUT2D eigenvalue weighted by Gasteiger charge is -2.19. The molecule has 0 unspecified atom stereocenters. The zero-order valence-electron chi connectivity index (χ0n) is 30.4. The third kappa shape index (κ3) is 26.4. The molecule has 16 heteroatoms. The molecule has 0 heterocycles. The van der Waals surface area contributed by atoms with E-state index in [1.165, 1.54) is 0 Å². The van der Waals surface area contributed by atoms with E-state index in [1.807, 2.05) is 51.1 Å². The highest BCUT2D eigenvalue weighted by Gasteiger charge is 2.22. The van der Waals surface area contributed by atoms with Gasteiger partial charge in [0.15, 0.2) is 0 Å². The summed E-state index contributed by atoms with van der Waals surface area (Å²) in [4.78, 5) is 73.2. The zero-order chi connectivity index (χ0) is 37.5. The number of carbonyl (C=O) groups excluding carboxylic acids is 6. The number of rotatable bonds is 30. The first-order chi connectivity index (χ1) is 24.6. The third-order valence-electron chi connectivity index (χ3n) is 6.87. The van der Waals surface area contributed by atoms with Gasteiger partial charge in [-0.2, -0.15) is 0 Å². The van der Waals surface area contributed by atoms with Crippen LogP contribution in [0, 0.1) is 5.92 Å². The van der Waals surface area contributed by atoms with E-state index in [1.54, 1.807) is 0 Å². The number of amides is 6. The predicted molar refractivity (Wildman–Crippen MR) is 189 cm³/mol. The van der Waals surface area contributed by atoms with Crippen LogP contribution in [0.2, 0.25) is 0 Å². The third-order valence-corrected chi connectivity index (χ3v) is 6.87. The smallest absolute Gasteiger partial charge is 0.243 e. The van der Waals surface area contributed by atoms with Crippen LogP contribution in [0.15, 0.2) is 30.3 Å². The summed E-state index contributed by atoms with van der Waals surface area (Å²) >= 11 is 0. The predicted octanol–water partition coefficient (Wildman–Crippen LogP) is -0.402. The maximum atomic E-state index is 12.8. The van der Waals surface area contributed by atoms with Gasteiger partial charge < -0.3 is 50.8 Å². The molecular weight excluding hydrogens is 664 g/mol. The van der Waals surface area contributed by atoms with Gasteiger partial charge in [0.25, 0.3) is 0 Å². The van der Waals surface area contributed by atoms with Crippen molar-refractivity contribution in [3.8, 4) is 0 Å². The van der Waals surface area contributed by atoms with Crippen molar-refractivity contribution in [2.24, 2.45) is 5.92 Å². The Hall–Kier alpha value is -4.12. The van der Waals surface area contributed by atoms with Crippen molar-refractivity contribution in [2.75, 3.05) is 85.6 Å². The molecule has 51 heavy (non-hydrogen) atoms. The Labute approximate surface area is 301 Å². The van der Waals surface area contributed by atoms with E-state index in [2.05, 4.69) is 31.9 Å². The molecule has 0 bridgehead atoms. The van der Waals surface area contributed by atoms with E-state index in [-0.39, 0.29) is 56.9 Å². The molecule has 0 aliphatic heterocycles. The van der Waals surface area contributed by atoms with Crippen molar-refractivity contribution in [2.45, 2.75) is 58.9 Å². The average Bonchev–Trinajstić information content (AvgIpc) is 3.11. The Morgan fingerprint density at radius 3 is 1.75 bits per heavy atom. The maximum absolute atomic E-state index is 12.8. The number of carbonyl (C=O) groups is 6. The minimum Gasteiger partial charge on any atom is -0.379 e. The van der Waals surface area contributed by atoms with Crippen LogP contribution >= 0.6 is 0 Å². The van der Waals surface area contributed by atoms with Gasteiger partial charge in [0.1, 0.15) is 6.04 Å². The molecule has 0 saturated carbocycles. The molecule has 0 fully saturated rings. The number of hydrogen-bond donors (Lipinski definition) is 6. The standard InChI is InChI=1S/C35H58N6O10/c1-4-5-11-30(42)36-13-15-49-17-19-51-21-20-50-18-16-48-14-12-31(43)38-24-32(44)39-26-34(46)41-29(22-28-9-7-6-8-10-28)35(47)40-25-33(45)37-23-27(2)3/h6-10,27,29H,4-5,11-26H2,1-3H3,(H,36,42)(H,37,45)(H,38,43)(H,39,44)(H,40,47)(H,41,46)/t29-/m0/s1. The second-order valence-corrected chi connectivity index (χ2v) is 11.9. The molecule has 16 nitrogen and oxygen atoms in total. The number of ether oxygens (including phenoxy) is 4. The largest absolute Gasteiger partial charge is 0.379 e. The molecule has 0 spiro atoms. The number of nitrogens with one attached hydrogen (secondary N) is 6. The van der Waals surface area contributed by atoms with Crippen molar-refractivity contribution >= 4 is 35.4 Å². The second kappa shape index (κ2) is 29.6. The highest BCUT2D eigenvalue weighted by atomic mass is 16.6. The van der Waals surface area contributed by atoms with Gasteiger partial charge in [-0.3, -0.25) is 28.8 Å². The summed E-state index contributed by atoms with van der Waals surface area (Å²) in [6.07, 6.45) is 2.62. The minimum absolute atomic E-state index is 0.0328. The summed E-state index contributed by atoms with van der Waals surface area (Å²) < 4.78 is 21.6. The fourth-order valence-electron chi connectivity index (χ4n) is 4.10. The average molecular weight is 723 g/mol. The molecule has 0 aliphatic carbocycles. The van der Waals surface area contributed by atoms with E-state index in [0.717, 1.165) is 18.4 Å². The minimum atomic E-state index is -0.980. The fraction of sp³-hybridized carbons (Fsp3) is 0.657. The van der Waals surface area contributed by atoms with Crippen LogP contribution in [-0.2, 0) is 54.1 Å². The lowest BCUT2D eigenvalue weighted by atomic mass is 10.1. The van der Waals surface area contributed by atoms with Crippen LogP contribution in [-0.4, -0.2) is 127 Å². The molecule has 1 aromatic rings. The molecule has 0 aliphatic rings. The summed E-state index contributed by atoms with van der Waals surface area (Å²) in [5.41, 5.74) is 0.798. The van der Waals surface area contributed by atoms with Crippen LogP contribution < -0.4 is 31.9 Å². The first-order valence-corrected chi connectivity index (χ1v) is 17.6. The molecule has 0 aromatic heterocycles. The zero-order valence-corrected chi connectivity index (χ0v) is 30.4. The number of benzene rings is 1. The quantitative estimate of drug-likeness (QED) is 0.0566. The molecule has 0 radical (unpaired) electrons. The normalized spacial score (nSPS) is 11.4. The van der Waals surface area contributed by atoms with Gasteiger partial charge in [0.05, 0.1) is 72.5 Å². The Bertz CT molecular complexity index is 1160. The Morgan fingerprint density at radius 2 is 1.12 bits per heavy atom. The molecule has 1 rings (SSSR count). The van der Waals surface area contributed by atoms with Crippen molar-refractivity contribution in [1.29, 1.82) is 0 Å². The van der Waals surface area contributed by atoms with Gasteiger partial charge >= 0.3 is 0 Å². The molecule has 6 amide bonds. The van der Waals surface area contributed by atoms with E-state index >= 15 is 0 Å². The molecule has 1 atom stereocenters. The summed E-state index contributed by atoms with van der Waals surface area (Å²) in [7, 11) is 0. The van der Waals surface area contributed by atoms with E-state index in [9.17, 15) is 28.8 Å².